The molecule has 2 rings (SSSR count). The summed E-state index contributed by atoms with van der Waals surface area (Å²) in [5, 5.41) is 3.48. The highest BCUT2D eigenvalue weighted by Gasteiger charge is 2.13. The first-order valence-electron chi connectivity index (χ1n) is 5.91. The molecule has 0 aliphatic rings. The maximum Gasteiger partial charge on any atom is 0.115 e. The molecule has 0 amide bonds. The van der Waals surface area contributed by atoms with Crippen molar-refractivity contribution in [3.05, 3.63) is 48.4 Å². The molecule has 0 saturated carbocycles. The van der Waals surface area contributed by atoms with Gasteiger partial charge >= 0.3 is 0 Å². The molecule has 2 aromatic heterocycles. The molecule has 2 heterocycles. The number of hydrogen-bond acceptors (Lipinski definition) is 4. The van der Waals surface area contributed by atoms with Crippen LogP contribution in [0.3, 0.4) is 0 Å². The van der Waals surface area contributed by atoms with Crippen molar-refractivity contribution in [3.8, 4) is 0 Å². The number of rotatable bonds is 6. The Hall–Kier alpha value is -1.68. The first kappa shape index (κ1) is 11.8. The van der Waals surface area contributed by atoms with Crippen LogP contribution in [0.2, 0.25) is 0 Å². The van der Waals surface area contributed by atoms with E-state index in [1.165, 1.54) is 0 Å². The maximum atomic E-state index is 5.38. The molecule has 2 aromatic rings. The lowest BCUT2D eigenvalue weighted by molar-refractivity contribution is 0.448. The largest absolute Gasteiger partial charge is 0.469 e. The van der Waals surface area contributed by atoms with Crippen molar-refractivity contribution in [2.24, 2.45) is 0 Å². The Morgan fingerprint density at radius 1 is 1.35 bits per heavy atom. The molecule has 0 aromatic carbocycles. The van der Waals surface area contributed by atoms with Crippen molar-refractivity contribution < 1.29 is 4.42 Å². The van der Waals surface area contributed by atoms with E-state index >= 15 is 0 Å². The second-order valence-electron chi connectivity index (χ2n) is 3.96. The van der Waals surface area contributed by atoms with Gasteiger partial charge in [0.1, 0.15) is 12.1 Å². The zero-order valence-corrected chi connectivity index (χ0v) is 9.97. The maximum absolute atomic E-state index is 5.38. The van der Waals surface area contributed by atoms with E-state index in [0.717, 1.165) is 30.7 Å². The van der Waals surface area contributed by atoms with Gasteiger partial charge in [-0.1, -0.05) is 6.92 Å². The number of nitrogens with zero attached hydrogens (tertiary/aromatic N) is 2. The van der Waals surface area contributed by atoms with Crippen molar-refractivity contribution in [1.29, 1.82) is 0 Å². The van der Waals surface area contributed by atoms with Gasteiger partial charge in [-0.3, -0.25) is 0 Å². The minimum Gasteiger partial charge on any atom is -0.469 e. The van der Waals surface area contributed by atoms with Gasteiger partial charge in [-0.05, 0) is 25.1 Å². The van der Waals surface area contributed by atoms with Gasteiger partial charge in [0.15, 0.2) is 0 Å². The second-order valence-corrected chi connectivity index (χ2v) is 3.96. The van der Waals surface area contributed by atoms with Crippen molar-refractivity contribution in [2.75, 3.05) is 6.54 Å². The smallest absolute Gasteiger partial charge is 0.115 e. The Balaban J connectivity index is 2.08. The van der Waals surface area contributed by atoms with Crippen LogP contribution in [0, 0.1) is 0 Å². The van der Waals surface area contributed by atoms with E-state index in [4.69, 9.17) is 4.42 Å². The molecule has 0 spiro atoms. The fourth-order valence-corrected chi connectivity index (χ4v) is 1.75. The summed E-state index contributed by atoms with van der Waals surface area (Å²) in [6, 6.07) is 4.11. The average molecular weight is 231 g/mol. The molecular formula is C13H17N3O. The molecule has 0 radical (unpaired) electrons. The lowest BCUT2D eigenvalue weighted by Crippen LogP contribution is -2.24. The van der Waals surface area contributed by atoms with Crippen LogP contribution < -0.4 is 5.32 Å². The van der Waals surface area contributed by atoms with Crippen molar-refractivity contribution >= 4 is 0 Å². The van der Waals surface area contributed by atoms with Gasteiger partial charge in [0.25, 0.3) is 0 Å². The summed E-state index contributed by atoms with van der Waals surface area (Å²) in [6.45, 7) is 3.12. The predicted molar refractivity (Wildman–Crippen MR) is 65.5 cm³/mol. The molecule has 17 heavy (non-hydrogen) atoms. The Labute approximate surface area is 101 Å². The summed E-state index contributed by atoms with van der Waals surface area (Å²) in [7, 11) is 0. The van der Waals surface area contributed by atoms with E-state index in [9.17, 15) is 0 Å². The SMILES string of the molecule is CCCNC(Cc1ccco1)c1cncnc1. The summed E-state index contributed by atoms with van der Waals surface area (Å²) < 4.78 is 5.38. The van der Waals surface area contributed by atoms with Crippen molar-refractivity contribution in [3.63, 3.8) is 0 Å². The lowest BCUT2D eigenvalue weighted by atomic mass is 10.1. The van der Waals surface area contributed by atoms with E-state index in [1.807, 2.05) is 24.5 Å². The lowest BCUT2D eigenvalue weighted by Gasteiger charge is -2.16. The van der Waals surface area contributed by atoms with E-state index < -0.39 is 0 Å². The van der Waals surface area contributed by atoms with Gasteiger partial charge in [-0.2, -0.15) is 0 Å². The highest BCUT2D eigenvalue weighted by molar-refractivity contribution is 5.13. The number of aromatic nitrogens is 2. The fraction of sp³-hybridized carbons (Fsp3) is 0.385. The summed E-state index contributed by atoms with van der Waals surface area (Å²) in [5.74, 6) is 0.974. The van der Waals surface area contributed by atoms with Crippen LogP contribution in [0.25, 0.3) is 0 Å². The number of furan rings is 1. The van der Waals surface area contributed by atoms with Crippen LogP contribution in [0.5, 0.6) is 0 Å². The average Bonchev–Trinajstić information content (AvgIpc) is 2.88. The van der Waals surface area contributed by atoms with Gasteiger partial charge in [0.05, 0.1) is 6.26 Å². The van der Waals surface area contributed by atoms with Gasteiger partial charge in [0, 0.05) is 30.4 Å². The highest BCUT2D eigenvalue weighted by atomic mass is 16.3. The summed E-state index contributed by atoms with van der Waals surface area (Å²) in [5.41, 5.74) is 1.09. The summed E-state index contributed by atoms with van der Waals surface area (Å²) in [4.78, 5) is 8.12. The van der Waals surface area contributed by atoms with Crippen LogP contribution in [0.4, 0.5) is 0 Å². The van der Waals surface area contributed by atoms with Gasteiger partial charge < -0.3 is 9.73 Å². The van der Waals surface area contributed by atoms with E-state index in [0.29, 0.717) is 0 Å². The quantitative estimate of drug-likeness (QED) is 0.829. The molecule has 0 bridgehead atoms. The molecule has 0 saturated heterocycles. The predicted octanol–water partition coefficient (Wildman–Crippen LogP) is 2.35. The van der Waals surface area contributed by atoms with E-state index in [2.05, 4.69) is 22.2 Å². The first-order chi connectivity index (χ1) is 8.40. The van der Waals surface area contributed by atoms with Crippen LogP contribution in [0.1, 0.15) is 30.7 Å². The molecule has 4 heteroatoms. The number of hydrogen-bond donors (Lipinski definition) is 1. The van der Waals surface area contributed by atoms with Crippen LogP contribution in [-0.4, -0.2) is 16.5 Å². The normalized spacial score (nSPS) is 12.5. The van der Waals surface area contributed by atoms with Crippen molar-refractivity contribution in [2.45, 2.75) is 25.8 Å². The molecule has 0 fully saturated rings. The Morgan fingerprint density at radius 3 is 2.82 bits per heavy atom. The Morgan fingerprint density at radius 2 is 2.18 bits per heavy atom. The standard InChI is InChI=1S/C13H17N3O/c1-2-5-16-13(7-12-4-3-6-17-12)11-8-14-10-15-9-11/h3-4,6,8-10,13,16H,2,5,7H2,1H3. The molecule has 0 aliphatic carbocycles. The Bertz CT molecular complexity index is 413. The van der Waals surface area contributed by atoms with Crippen LogP contribution >= 0.6 is 0 Å². The van der Waals surface area contributed by atoms with E-state index in [-0.39, 0.29) is 6.04 Å². The molecule has 90 valence electrons. The molecule has 1 atom stereocenters. The monoisotopic (exact) mass is 231 g/mol. The van der Waals surface area contributed by atoms with Gasteiger partial charge in [-0.15, -0.1) is 0 Å². The Kier molecular flexibility index (Phi) is 4.27. The molecule has 0 aliphatic heterocycles. The molecule has 4 nitrogen and oxygen atoms in total. The third kappa shape index (κ3) is 3.39. The van der Waals surface area contributed by atoms with E-state index in [1.54, 1.807) is 12.6 Å². The first-order valence-corrected chi connectivity index (χ1v) is 5.91. The van der Waals surface area contributed by atoms with Crippen LogP contribution in [-0.2, 0) is 6.42 Å². The second kappa shape index (κ2) is 6.15. The number of nitrogens with one attached hydrogen (secondary N) is 1. The molecule has 1 N–H and O–H groups in total. The summed E-state index contributed by atoms with van der Waals surface area (Å²) in [6.07, 6.45) is 8.87. The van der Waals surface area contributed by atoms with Crippen molar-refractivity contribution in [1.82, 2.24) is 15.3 Å². The molecular weight excluding hydrogens is 214 g/mol. The fourth-order valence-electron chi connectivity index (χ4n) is 1.75. The van der Waals surface area contributed by atoms with Gasteiger partial charge in [0.2, 0.25) is 0 Å². The third-order valence-corrected chi connectivity index (χ3v) is 2.61. The minimum absolute atomic E-state index is 0.210. The van der Waals surface area contributed by atoms with Gasteiger partial charge in [-0.25, -0.2) is 9.97 Å². The zero-order chi connectivity index (χ0) is 11.9. The van der Waals surface area contributed by atoms with Crippen LogP contribution in [0.15, 0.2) is 41.5 Å². The minimum atomic E-state index is 0.210. The topological polar surface area (TPSA) is 51.0 Å². The summed E-state index contributed by atoms with van der Waals surface area (Å²) >= 11 is 0. The zero-order valence-electron chi connectivity index (χ0n) is 9.97. The third-order valence-electron chi connectivity index (χ3n) is 2.61. The highest BCUT2D eigenvalue weighted by Crippen LogP contribution is 2.17. The molecule has 1 unspecified atom stereocenters.